The monoisotopic (exact) mass is 240 g/mol. The molecule has 0 saturated heterocycles. The first-order valence-corrected chi connectivity index (χ1v) is 7.00. The highest BCUT2D eigenvalue weighted by Gasteiger charge is 2.54. The first-order chi connectivity index (χ1) is 7.92. The van der Waals surface area contributed by atoms with E-state index in [1.807, 2.05) is 0 Å². The summed E-state index contributed by atoms with van der Waals surface area (Å²) in [7, 11) is 1.76. The van der Waals surface area contributed by atoms with E-state index in [4.69, 9.17) is 4.74 Å². The number of rotatable bonds is 5. The number of carbonyl (C=O) groups is 1. The molecule has 0 heterocycles. The molecule has 0 bridgehead atoms. The first kappa shape index (κ1) is 14.7. The van der Waals surface area contributed by atoms with Gasteiger partial charge in [0.1, 0.15) is 5.78 Å². The van der Waals surface area contributed by atoms with E-state index < -0.39 is 0 Å². The van der Waals surface area contributed by atoms with Crippen molar-refractivity contribution in [2.45, 2.75) is 71.8 Å². The molecule has 0 spiro atoms. The van der Waals surface area contributed by atoms with Crippen LogP contribution < -0.4 is 0 Å². The number of unbranched alkanes of at least 4 members (excludes halogenated alkanes) is 1. The van der Waals surface area contributed by atoms with Crippen LogP contribution in [0.15, 0.2) is 0 Å². The normalized spacial score (nSPS) is 38.1. The van der Waals surface area contributed by atoms with E-state index in [0.717, 1.165) is 25.7 Å². The quantitative estimate of drug-likeness (QED) is 0.726. The van der Waals surface area contributed by atoms with Gasteiger partial charge in [-0.3, -0.25) is 4.79 Å². The largest absolute Gasteiger partial charge is 0.377 e. The fourth-order valence-corrected chi connectivity index (χ4v) is 3.29. The minimum atomic E-state index is -0.297. The lowest BCUT2D eigenvalue weighted by Gasteiger charge is -2.51. The molecule has 3 unspecified atom stereocenters. The molecular weight excluding hydrogens is 212 g/mol. The third-order valence-electron chi connectivity index (χ3n) is 5.15. The van der Waals surface area contributed by atoms with Crippen molar-refractivity contribution in [1.82, 2.24) is 0 Å². The summed E-state index contributed by atoms with van der Waals surface area (Å²) in [5.74, 6) is 0.854. The molecule has 17 heavy (non-hydrogen) atoms. The Labute approximate surface area is 106 Å². The lowest BCUT2D eigenvalue weighted by Crippen LogP contribution is -2.56. The summed E-state index contributed by atoms with van der Waals surface area (Å²) >= 11 is 0. The Bertz CT molecular complexity index is 274. The molecule has 0 N–H and O–H groups in total. The van der Waals surface area contributed by atoms with Crippen molar-refractivity contribution in [1.29, 1.82) is 0 Å². The second kappa shape index (κ2) is 5.51. The third-order valence-corrected chi connectivity index (χ3v) is 5.15. The van der Waals surface area contributed by atoms with Gasteiger partial charge in [0, 0.05) is 13.5 Å². The van der Waals surface area contributed by atoms with Crippen LogP contribution in [0.4, 0.5) is 0 Å². The second-order valence-corrected chi connectivity index (χ2v) is 5.96. The molecule has 1 rings (SSSR count). The van der Waals surface area contributed by atoms with E-state index in [2.05, 4.69) is 27.7 Å². The predicted molar refractivity (Wildman–Crippen MR) is 71.1 cm³/mol. The number of hydrogen-bond donors (Lipinski definition) is 0. The maximum Gasteiger partial charge on any atom is 0.141 e. The fraction of sp³-hybridized carbons (Fsp3) is 0.933. The second-order valence-electron chi connectivity index (χ2n) is 5.96. The highest BCUT2D eigenvalue weighted by atomic mass is 16.5. The number of hydrogen-bond acceptors (Lipinski definition) is 2. The van der Waals surface area contributed by atoms with E-state index in [1.54, 1.807) is 7.11 Å². The molecule has 1 aliphatic carbocycles. The summed E-state index contributed by atoms with van der Waals surface area (Å²) < 4.78 is 5.79. The molecule has 3 atom stereocenters. The van der Waals surface area contributed by atoms with Gasteiger partial charge in [0.05, 0.1) is 11.0 Å². The minimum absolute atomic E-state index is 0.296. The maximum absolute atomic E-state index is 12.5. The Balaban J connectivity index is 2.93. The lowest BCUT2D eigenvalue weighted by atomic mass is 9.58. The predicted octanol–water partition coefficient (Wildman–Crippen LogP) is 3.98. The van der Waals surface area contributed by atoms with Crippen LogP contribution >= 0.6 is 0 Å². The van der Waals surface area contributed by atoms with Crippen LogP contribution in [-0.4, -0.2) is 18.5 Å². The standard InChI is InChI=1S/C15H28O2/c1-6-7-10-13(16)14(3)11-8-9-12(2)15(14,4)17-5/h12H,6-11H2,1-5H3. The summed E-state index contributed by atoms with van der Waals surface area (Å²) in [4.78, 5) is 12.5. The van der Waals surface area contributed by atoms with E-state index in [-0.39, 0.29) is 11.0 Å². The summed E-state index contributed by atoms with van der Waals surface area (Å²) in [6, 6.07) is 0. The Morgan fingerprint density at radius 1 is 1.41 bits per heavy atom. The molecule has 2 nitrogen and oxygen atoms in total. The zero-order valence-electron chi connectivity index (χ0n) is 12.1. The topological polar surface area (TPSA) is 26.3 Å². The summed E-state index contributed by atoms with van der Waals surface area (Å²) in [5, 5.41) is 0. The van der Waals surface area contributed by atoms with E-state index in [1.165, 1.54) is 6.42 Å². The van der Waals surface area contributed by atoms with Gasteiger partial charge in [0.15, 0.2) is 0 Å². The van der Waals surface area contributed by atoms with Gasteiger partial charge in [-0.2, -0.15) is 0 Å². The van der Waals surface area contributed by atoms with Crippen LogP contribution in [0.5, 0.6) is 0 Å². The third kappa shape index (κ3) is 2.42. The summed E-state index contributed by atoms with van der Waals surface area (Å²) in [5.41, 5.74) is -0.593. The summed E-state index contributed by atoms with van der Waals surface area (Å²) in [6.07, 6.45) is 6.09. The first-order valence-electron chi connectivity index (χ1n) is 7.00. The van der Waals surface area contributed by atoms with Crippen LogP contribution in [0.3, 0.4) is 0 Å². The van der Waals surface area contributed by atoms with Crippen molar-refractivity contribution in [2.24, 2.45) is 11.3 Å². The maximum atomic E-state index is 12.5. The van der Waals surface area contributed by atoms with Crippen molar-refractivity contribution >= 4 is 5.78 Å². The van der Waals surface area contributed by atoms with Crippen molar-refractivity contribution in [2.75, 3.05) is 7.11 Å². The molecule has 1 aliphatic rings. The SMILES string of the molecule is CCCCC(=O)C1(C)CCCC(C)C1(C)OC. The van der Waals surface area contributed by atoms with Crippen molar-refractivity contribution in [3.63, 3.8) is 0 Å². The van der Waals surface area contributed by atoms with Gasteiger partial charge in [-0.15, -0.1) is 0 Å². The zero-order valence-corrected chi connectivity index (χ0v) is 12.1. The highest BCUT2D eigenvalue weighted by molar-refractivity contribution is 5.86. The van der Waals surface area contributed by atoms with Gasteiger partial charge in [-0.25, -0.2) is 0 Å². The van der Waals surface area contributed by atoms with Gasteiger partial charge < -0.3 is 4.74 Å². The average molecular weight is 240 g/mol. The molecule has 1 saturated carbocycles. The van der Waals surface area contributed by atoms with E-state index >= 15 is 0 Å². The molecule has 0 aromatic rings. The molecule has 0 aromatic heterocycles. The molecule has 2 heteroatoms. The Morgan fingerprint density at radius 2 is 2.06 bits per heavy atom. The van der Waals surface area contributed by atoms with Crippen LogP contribution in [0, 0.1) is 11.3 Å². The van der Waals surface area contributed by atoms with Crippen molar-refractivity contribution in [3.8, 4) is 0 Å². The molecule has 0 amide bonds. The van der Waals surface area contributed by atoms with Crippen molar-refractivity contribution < 1.29 is 9.53 Å². The van der Waals surface area contributed by atoms with Crippen LogP contribution in [0.2, 0.25) is 0 Å². The molecule has 0 aliphatic heterocycles. The summed E-state index contributed by atoms with van der Waals surface area (Å²) in [6.45, 7) is 8.59. The smallest absolute Gasteiger partial charge is 0.141 e. The number of carbonyl (C=O) groups excluding carboxylic acids is 1. The number of ether oxygens (including phenoxy) is 1. The molecule has 100 valence electrons. The van der Waals surface area contributed by atoms with Gasteiger partial charge in [-0.05, 0) is 39.0 Å². The van der Waals surface area contributed by atoms with Crippen LogP contribution in [0.25, 0.3) is 0 Å². The Hall–Kier alpha value is -0.370. The molecular formula is C15H28O2. The Morgan fingerprint density at radius 3 is 2.59 bits per heavy atom. The van der Waals surface area contributed by atoms with Crippen LogP contribution in [-0.2, 0) is 9.53 Å². The Kier molecular flexibility index (Phi) is 4.77. The fourth-order valence-electron chi connectivity index (χ4n) is 3.29. The molecule has 0 radical (unpaired) electrons. The number of methoxy groups -OCH3 is 1. The van der Waals surface area contributed by atoms with Gasteiger partial charge in [-0.1, -0.05) is 26.7 Å². The highest BCUT2D eigenvalue weighted by Crippen LogP contribution is 2.50. The molecule has 0 aromatic carbocycles. The minimum Gasteiger partial charge on any atom is -0.377 e. The number of ketones is 1. The van der Waals surface area contributed by atoms with Gasteiger partial charge in [0.2, 0.25) is 0 Å². The lowest BCUT2D eigenvalue weighted by molar-refractivity contribution is -0.171. The van der Waals surface area contributed by atoms with Crippen LogP contribution in [0.1, 0.15) is 66.2 Å². The van der Waals surface area contributed by atoms with E-state index in [9.17, 15) is 4.79 Å². The zero-order chi connectivity index (χ0) is 13.1. The van der Waals surface area contributed by atoms with E-state index in [0.29, 0.717) is 18.1 Å². The van der Waals surface area contributed by atoms with Gasteiger partial charge >= 0.3 is 0 Å². The average Bonchev–Trinajstić information content (AvgIpc) is 2.32. The van der Waals surface area contributed by atoms with Crippen molar-refractivity contribution in [3.05, 3.63) is 0 Å². The molecule has 1 fully saturated rings. The van der Waals surface area contributed by atoms with Gasteiger partial charge in [0.25, 0.3) is 0 Å². The number of Topliss-reactive ketones (excluding diaryl/α,β-unsaturated/α-hetero) is 1.